The molecule has 0 aliphatic rings. The summed E-state index contributed by atoms with van der Waals surface area (Å²) in [7, 11) is 1.38. The van der Waals surface area contributed by atoms with Crippen molar-refractivity contribution in [3.05, 3.63) is 42.3 Å². The topological polar surface area (TPSA) is 26.3 Å². The predicted octanol–water partition coefficient (Wildman–Crippen LogP) is 2.41. The van der Waals surface area contributed by atoms with Crippen LogP contribution in [-0.4, -0.2) is 13.1 Å². The normalized spacial score (nSPS) is 10.2. The first-order valence-electron chi connectivity index (χ1n) is 4.16. The van der Waals surface area contributed by atoms with Crippen LogP contribution in [0.5, 0.6) is 0 Å². The first kappa shape index (κ1) is 9.78. The van der Waals surface area contributed by atoms with Crippen molar-refractivity contribution in [3.63, 3.8) is 0 Å². The maximum atomic E-state index is 11.1. The predicted molar refractivity (Wildman–Crippen MR) is 51.6 cm³/mol. The average Bonchev–Trinajstić information content (AvgIpc) is 2.17. The van der Waals surface area contributed by atoms with Gasteiger partial charge in [-0.3, -0.25) is 0 Å². The van der Waals surface area contributed by atoms with Gasteiger partial charge < -0.3 is 4.74 Å². The number of ether oxygens (including phenoxy) is 1. The van der Waals surface area contributed by atoms with Gasteiger partial charge in [0.05, 0.1) is 12.7 Å². The summed E-state index contributed by atoms with van der Waals surface area (Å²) in [6.07, 6.45) is 0. The molecule has 1 aromatic rings. The highest BCUT2D eigenvalue weighted by atomic mass is 16.5. The monoisotopic (exact) mass is 177 g/mol. The van der Waals surface area contributed by atoms with E-state index < -0.39 is 0 Å². The van der Waals surface area contributed by atoms with E-state index in [0.29, 0.717) is 5.56 Å². The van der Waals surface area contributed by atoms with Crippen LogP contribution in [-0.2, 0) is 4.74 Å². The highest BCUT2D eigenvalue weighted by Gasteiger charge is 2.06. The quantitative estimate of drug-likeness (QED) is 0.648. The number of hydrogen-bond acceptors (Lipinski definition) is 2. The van der Waals surface area contributed by atoms with Crippen molar-refractivity contribution in [1.82, 2.24) is 0 Å². The molecular formula is C11H13O2. The van der Waals surface area contributed by atoms with Crippen LogP contribution in [0.4, 0.5) is 0 Å². The Morgan fingerprint density at radius 1 is 1.54 bits per heavy atom. The molecule has 1 rings (SSSR count). The third-order valence-electron chi connectivity index (χ3n) is 1.88. The zero-order valence-corrected chi connectivity index (χ0v) is 7.91. The third-order valence-corrected chi connectivity index (χ3v) is 1.88. The minimum absolute atomic E-state index is 0.185. The average molecular weight is 177 g/mol. The van der Waals surface area contributed by atoms with E-state index in [-0.39, 0.29) is 11.9 Å². The summed E-state index contributed by atoms with van der Waals surface area (Å²) in [5.41, 5.74) is 1.62. The Bertz CT molecular complexity index is 303. The molecule has 2 nitrogen and oxygen atoms in total. The molecular weight excluding hydrogens is 164 g/mol. The van der Waals surface area contributed by atoms with Gasteiger partial charge in [0.15, 0.2) is 0 Å². The van der Waals surface area contributed by atoms with E-state index >= 15 is 0 Å². The van der Waals surface area contributed by atoms with Crippen LogP contribution >= 0.6 is 0 Å². The lowest BCUT2D eigenvalue weighted by molar-refractivity contribution is 0.0600. The van der Waals surface area contributed by atoms with E-state index in [2.05, 4.69) is 11.7 Å². The Hall–Kier alpha value is -1.31. The number of hydrogen-bond donors (Lipinski definition) is 0. The number of esters is 1. The van der Waals surface area contributed by atoms with Crippen LogP contribution < -0.4 is 0 Å². The van der Waals surface area contributed by atoms with E-state index in [4.69, 9.17) is 0 Å². The lowest BCUT2D eigenvalue weighted by Gasteiger charge is -2.06. The molecule has 0 bridgehead atoms. The van der Waals surface area contributed by atoms with Gasteiger partial charge >= 0.3 is 5.97 Å². The van der Waals surface area contributed by atoms with Crippen molar-refractivity contribution < 1.29 is 9.53 Å². The molecule has 69 valence electrons. The summed E-state index contributed by atoms with van der Waals surface area (Å²) in [6, 6.07) is 7.33. The highest BCUT2D eigenvalue weighted by molar-refractivity contribution is 5.89. The van der Waals surface area contributed by atoms with Crippen molar-refractivity contribution in [2.24, 2.45) is 0 Å². The zero-order valence-electron chi connectivity index (χ0n) is 7.91. The van der Waals surface area contributed by atoms with Gasteiger partial charge in [-0.25, -0.2) is 4.79 Å². The fourth-order valence-electron chi connectivity index (χ4n) is 1.09. The number of methoxy groups -OCH3 is 1. The Morgan fingerprint density at radius 3 is 2.77 bits per heavy atom. The van der Waals surface area contributed by atoms with Crippen molar-refractivity contribution in [1.29, 1.82) is 0 Å². The maximum absolute atomic E-state index is 11.1. The minimum Gasteiger partial charge on any atom is -0.465 e. The molecule has 0 heterocycles. The molecule has 1 aromatic carbocycles. The van der Waals surface area contributed by atoms with Crippen molar-refractivity contribution in [3.8, 4) is 0 Å². The first-order chi connectivity index (χ1) is 6.15. The van der Waals surface area contributed by atoms with Gasteiger partial charge in [-0.05, 0) is 30.5 Å². The Balaban J connectivity index is 2.98. The number of benzene rings is 1. The summed E-state index contributed by atoms with van der Waals surface area (Å²) in [5, 5.41) is 0. The van der Waals surface area contributed by atoms with Crippen LogP contribution in [0.3, 0.4) is 0 Å². The van der Waals surface area contributed by atoms with Crippen LogP contribution in [0.15, 0.2) is 24.3 Å². The second-order valence-corrected chi connectivity index (χ2v) is 3.02. The summed E-state index contributed by atoms with van der Waals surface area (Å²) in [6.45, 7) is 5.87. The van der Waals surface area contributed by atoms with Crippen molar-refractivity contribution >= 4 is 5.97 Å². The van der Waals surface area contributed by atoms with Gasteiger partial charge in [-0.15, -0.1) is 0 Å². The fourth-order valence-corrected chi connectivity index (χ4v) is 1.09. The van der Waals surface area contributed by atoms with Crippen molar-refractivity contribution in [2.45, 2.75) is 12.8 Å². The van der Waals surface area contributed by atoms with Gasteiger partial charge in [0.25, 0.3) is 0 Å². The molecule has 0 aromatic heterocycles. The number of rotatable bonds is 2. The summed E-state index contributed by atoms with van der Waals surface area (Å²) >= 11 is 0. The molecule has 0 spiro atoms. The Kier molecular flexibility index (Phi) is 3.07. The van der Waals surface area contributed by atoms with Gasteiger partial charge in [0.2, 0.25) is 0 Å². The lowest BCUT2D eigenvalue weighted by Crippen LogP contribution is -2.02. The lowest BCUT2D eigenvalue weighted by atomic mass is 10.0. The third kappa shape index (κ3) is 2.31. The van der Waals surface area contributed by atoms with Crippen LogP contribution in [0.2, 0.25) is 0 Å². The largest absolute Gasteiger partial charge is 0.465 e. The van der Waals surface area contributed by atoms with E-state index in [1.54, 1.807) is 6.07 Å². The van der Waals surface area contributed by atoms with Gasteiger partial charge in [-0.1, -0.05) is 19.1 Å². The summed E-state index contributed by atoms with van der Waals surface area (Å²) in [4.78, 5) is 11.1. The first-order valence-corrected chi connectivity index (χ1v) is 4.16. The second-order valence-electron chi connectivity index (χ2n) is 3.02. The second kappa shape index (κ2) is 4.08. The molecule has 0 saturated carbocycles. The summed E-state index contributed by atoms with van der Waals surface area (Å²) in [5.74, 6) is -0.118. The summed E-state index contributed by atoms with van der Waals surface area (Å²) < 4.78 is 4.61. The van der Waals surface area contributed by atoms with Crippen LogP contribution in [0.25, 0.3) is 0 Å². The minimum atomic E-state index is -0.303. The van der Waals surface area contributed by atoms with E-state index in [0.717, 1.165) is 5.56 Å². The van der Waals surface area contributed by atoms with E-state index in [1.807, 2.05) is 25.1 Å². The molecule has 0 saturated heterocycles. The number of carbonyl (C=O) groups excluding carboxylic acids is 1. The van der Waals surface area contributed by atoms with Crippen LogP contribution in [0, 0.1) is 6.92 Å². The fraction of sp³-hybridized carbons (Fsp3) is 0.273. The standard InChI is InChI=1S/C11H13O2/c1-8(2)9-5-4-6-10(7-9)11(12)13-3/h4-8H,1H2,2-3H3. The molecule has 1 radical (unpaired) electrons. The zero-order chi connectivity index (χ0) is 9.84. The van der Waals surface area contributed by atoms with Crippen molar-refractivity contribution in [2.75, 3.05) is 7.11 Å². The van der Waals surface area contributed by atoms with Gasteiger partial charge in [0.1, 0.15) is 0 Å². The maximum Gasteiger partial charge on any atom is 0.337 e. The van der Waals surface area contributed by atoms with Crippen LogP contribution in [0.1, 0.15) is 28.8 Å². The number of carbonyl (C=O) groups is 1. The SMILES string of the molecule is [CH2]C(C)c1cccc(C(=O)OC)c1. The van der Waals surface area contributed by atoms with E-state index in [1.165, 1.54) is 7.11 Å². The Labute approximate surface area is 78.5 Å². The highest BCUT2D eigenvalue weighted by Crippen LogP contribution is 2.15. The van der Waals surface area contributed by atoms with Gasteiger partial charge in [0, 0.05) is 0 Å². The molecule has 0 fully saturated rings. The van der Waals surface area contributed by atoms with Gasteiger partial charge in [-0.2, -0.15) is 0 Å². The molecule has 0 amide bonds. The Morgan fingerprint density at radius 2 is 2.23 bits per heavy atom. The molecule has 2 heteroatoms. The molecule has 0 aliphatic heterocycles. The molecule has 0 aliphatic carbocycles. The molecule has 1 unspecified atom stereocenters. The molecule has 13 heavy (non-hydrogen) atoms. The smallest absolute Gasteiger partial charge is 0.337 e. The van der Waals surface area contributed by atoms with E-state index in [9.17, 15) is 4.79 Å². The molecule has 1 atom stereocenters. The molecule has 0 N–H and O–H groups in total.